The Hall–Kier alpha value is -1.43. The van der Waals surface area contributed by atoms with Crippen LogP contribution in [0.25, 0.3) is 0 Å². The fraction of sp³-hybridized carbons (Fsp3) is 0.632. The van der Waals surface area contributed by atoms with Gasteiger partial charge in [-0.25, -0.2) is 0 Å². The number of piperidine rings is 1. The average Bonchev–Trinajstić information content (AvgIpc) is 2.61. The highest BCUT2D eigenvalue weighted by molar-refractivity contribution is 5.84. The maximum atomic E-state index is 12.6. The largest absolute Gasteiger partial charge is 0.390 e. The van der Waals surface area contributed by atoms with Gasteiger partial charge in [0, 0.05) is 19.1 Å². The summed E-state index contributed by atoms with van der Waals surface area (Å²) in [6, 6.07) is 7.98. The van der Waals surface area contributed by atoms with E-state index in [0.717, 1.165) is 37.1 Å². The Morgan fingerprint density at radius 1 is 1.21 bits per heavy atom. The van der Waals surface area contributed by atoms with Crippen LogP contribution in [0.3, 0.4) is 0 Å². The summed E-state index contributed by atoms with van der Waals surface area (Å²) in [5, 5.41) is 13.2. The van der Waals surface area contributed by atoms with Crippen LogP contribution < -0.4 is 11.1 Å². The fourth-order valence-electron chi connectivity index (χ4n) is 3.94. The second kappa shape index (κ2) is 8.10. The Kier molecular flexibility index (Phi) is 5.87. The van der Waals surface area contributed by atoms with Gasteiger partial charge < -0.3 is 21.1 Å². The summed E-state index contributed by atoms with van der Waals surface area (Å²) in [7, 11) is 0. The topological polar surface area (TPSA) is 78.6 Å². The van der Waals surface area contributed by atoms with E-state index in [4.69, 9.17) is 5.73 Å². The van der Waals surface area contributed by atoms with Crippen molar-refractivity contribution in [2.75, 3.05) is 26.2 Å². The van der Waals surface area contributed by atoms with Crippen molar-refractivity contribution in [2.45, 2.75) is 50.2 Å². The Balaban J connectivity index is 1.52. The van der Waals surface area contributed by atoms with Gasteiger partial charge in [0.1, 0.15) is 0 Å². The zero-order valence-corrected chi connectivity index (χ0v) is 14.3. The zero-order chi connectivity index (χ0) is 16.9. The number of hydrogen-bond donors (Lipinski definition) is 3. The van der Waals surface area contributed by atoms with E-state index in [1.54, 1.807) is 0 Å². The van der Waals surface area contributed by atoms with Gasteiger partial charge in [0.15, 0.2) is 0 Å². The molecule has 0 bridgehead atoms. The van der Waals surface area contributed by atoms with E-state index in [1.807, 2.05) is 24.3 Å². The Bertz CT molecular complexity index is 557. The first kappa shape index (κ1) is 17.4. The summed E-state index contributed by atoms with van der Waals surface area (Å²) >= 11 is 0. The molecule has 3 rings (SSSR count). The van der Waals surface area contributed by atoms with Gasteiger partial charge in [-0.1, -0.05) is 30.7 Å². The molecule has 3 unspecified atom stereocenters. The Labute approximate surface area is 144 Å². The van der Waals surface area contributed by atoms with Gasteiger partial charge in [0.05, 0.1) is 12.0 Å². The second-order valence-electron chi connectivity index (χ2n) is 7.13. The van der Waals surface area contributed by atoms with Gasteiger partial charge in [-0.15, -0.1) is 0 Å². The molecule has 1 aromatic carbocycles. The van der Waals surface area contributed by atoms with Crippen molar-refractivity contribution in [3.05, 3.63) is 35.4 Å². The molecule has 0 saturated carbocycles. The van der Waals surface area contributed by atoms with E-state index in [9.17, 15) is 9.90 Å². The van der Waals surface area contributed by atoms with Gasteiger partial charge in [0.2, 0.25) is 5.91 Å². The molecule has 1 amide bonds. The van der Waals surface area contributed by atoms with Crippen LogP contribution in [-0.4, -0.2) is 48.2 Å². The van der Waals surface area contributed by atoms with Crippen molar-refractivity contribution in [3.8, 4) is 0 Å². The summed E-state index contributed by atoms with van der Waals surface area (Å²) < 4.78 is 0. The minimum atomic E-state index is -0.506. The molecular formula is C19H29N3O2. The van der Waals surface area contributed by atoms with Gasteiger partial charge in [-0.05, 0) is 49.9 Å². The summed E-state index contributed by atoms with van der Waals surface area (Å²) in [5.74, 6) is -0.143. The van der Waals surface area contributed by atoms with Gasteiger partial charge in [0.25, 0.3) is 0 Å². The number of β-amino-alcohol motifs (C(OH)–C–C–N with tert-alkyl or cyclic N) is 1. The molecule has 5 nitrogen and oxygen atoms in total. The first-order chi connectivity index (χ1) is 11.6. The Morgan fingerprint density at radius 3 is 2.67 bits per heavy atom. The Morgan fingerprint density at radius 2 is 1.92 bits per heavy atom. The van der Waals surface area contributed by atoms with Crippen LogP contribution in [0.4, 0.5) is 0 Å². The molecule has 0 radical (unpaired) electrons. The molecule has 24 heavy (non-hydrogen) atoms. The van der Waals surface area contributed by atoms with E-state index in [1.165, 1.54) is 19.3 Å². The number of carbonyl (C=O) groups is 1. The lowest BCUT2D eigenvalue weighted by molar-refractivity contribution is -0.123. The summed E-state index contributed by atoms with van der Waals surface area (Å²) in [6.07, 6.45) is 4.79. The van der Waals surface area contributed by atoms with E-state index in [-0.39, 0.29) is 17.9 Å². The van der Waals surface area contributed by atoms with Crippen molar-refractivity contribution in [1.82, 2.24) is 10.2 Å². The number of carbonyl (C=O) groups excluding carboxylic acids is 1. The number of nitrogens with zero attached hydrogens (tertiary/aromatic N) is 1. The van der Waals surface area contributed by atoms with E-state index < -0.39 is 6.10 Å². The molecule has 1 aromatic rings. The summed E-state index contributed by atoms with van der Waals surface area (Å²) in [4.78, 5) is 14.9. The highest BCUT2D eigenvalue weighted by atomic mass is 16.3. The molecule has 2 aliphatic rings. The lowest BCUT2D eigenvalue weighted by Gasteiger charge is -2.30. The molecule has 1 aliphatic carbocycles. The van der Waals surface area contributed by atoms with Crippen LogP contribution in [0.15, 0.2) is 24.3 Å². The minimum Gasteiger partial charge on any atom is -0.390 e. The van der Waals surface area contributed by atoms with E-state index in [2.05, 4.69) is 10.2 Å². The van der Waals surface area contributed by atoms with Crippen LogP contribution in [0, 0.1) is 0 Å². The van der Waals surface area contributed by atoms with Gasteiger partial charge in [-0.2, -0.15) is 0 Å². The van der Waals surface area contributed by atoms with Crippen LogP contribution in [0.2, 0.25) is 0 Å². The molecular weight excluding hydrogens is 302 g/mol. The highest BCUT2D eigenvalue weighted by Gasteiger charge is 2.29. The first-order valence-electron chi connectivity index (χ1n) is 9.17. The molecule has 3 atom stereocenters. The molecule has 5 heteroatoms. The van der Waals surface area contributed by atoms with E-state index >= 15 is 0 Å². The van der Waals surface area contributed by atoms with Crippen LogP contribution in [0.5, 0.6) is 0 Å². The maximum absolute atomic E-state index is 12.6. The number of nitrogens with one attached hydrogen (secondary N) is 1. The molecule has 1 aliphatic heterocycles. The number of benzene rings is 1. The average molecular weight is 331 g/mol. The lowest BCUT2D eigenvalue weighted by atomic mass is 9.80. The third kappa shape index (κ3) is 4.15. The molecule has 0 aromatic heterocycles. The van der Waals surface area contributed by atoms with Crippen LogP contribution in [0.1, 0.15) is 55.2 Å². The number of fused-ring (bicyclic) bond motifs is 1. The second-order valence-corrected chi connectivity index (χ2v) is 7.13. The SMILES string of the molecule is NC1CCC(C(=O)NCC(O)CN2CCCCC2)c2ccccc21. The predicted octanol–water partition coefficient (Wildman–Crippen LogP) is 1.53. The predicted molar refractivity (Wildman–Crippen MR) is 94.7 cm³/mol. The van der Waals surface area contributed by atoms with Crippen molar-refractivity contribution >= 4 is 5.91 Å². The molecule has 4 N–H and O–H groups in total. The molecule has 132 valence electrons. The van der Waals surface area contributed by atoms with Crippen molar-refractivity contribution < 1.29 is 9.90 Å². The van der Waals surface area contributed by atoms with Crippen molar-refractivity contribution in [3.63, 3.8) is 0 Å². The quantitative estimate of drug-likeness (QED) is 0.764. The fourth-order valence-corrected chi connectivity index (χ4v) is 3.94. The number of rotatable bonds is 5. The lowest BCUT2D eigenvalue weighted by Crippen LogP contribution is -2.43. The normalized spacial score (nSPS) is 25.8. The number of aliphatic hydroxyl groups is 1. The zero-order valence-electron chi connectivity index (χ0n) is 14.3. The van der Waals surface area contributed by atoms with E-state index in [0.29, 0.717) is 13.1 Å². The molecule has 1 saturated heterocycles. The molecule has 0 spiro atoms. The third-order valence-corrected chi connectivity index (χ3v) is 5.28. The first-order valence-corrected chi connectivity index (χ1v) is 9.17. The number of nitrogens with two attached hydrogens (primary N) is 1. The maximum Gasteiger partial charge on any atom is 0.227 e. The standard InChI is InChI=1S/C19H29N3O2/c20-18-9-8-17(15-6-2-3-7-16(15)18)19(24)21-12-14(23)13-22-10-4-1-5-11-22/h2-3,6-7,14,17-18,23H,1,4-5,8-13,20H2,(H,21,24). The smallest absolute Gasteiger partial charge is 0.227 e. The van der Waals surface area contributed by atoms with Crippen LogP contribution in [-0.2, 0) is 4.79 Å². The van der Waals surface area contributed by atoms with Gasteiger partial charge >= 0.3 is 0 Å². The number of amides is 1. The summed E-state index contributed by atoms with van der Waals surface area (Å²) in [6.45, 7) is 3.07. The molecule has 1 heterocycles. The van der Waals surface area contributed by atoms with Crippen molar-refractivity contribution in [1.29, 1.82) is 0 Å². The molecule has 1 fully saturated rings. The van der Waals surface area contributed by atoms with Crippen molar-refractivity contribution in [2.24, 2.45) is 5.73 Å². The number of hydrogen-bond acceptors (Lipinski definition) is 4. The minimum absolute atomic E-state index is 0.00652. The third-order valence-electron chi connectivity index (χ3n) is 5.28. The highest BCUT2D eigenvalue weighted by Crippen LogP contribution is 2.36. The van der Waals surface area contributed by atoms with Gasteiger partial charge in [-0.3, -0.25) is 4.79 Å². The summed E-state index contributed by atoms with van der Waals surface area (Å²) in [5.41, 5.74) is 8.28. The van der Waals surface area contributed by atoms with Crippen LogP contribution >= 0.6 is 0 Å². The number of likely N-dealkylation sites (tertiary alicyclic amines) is 1. The number of aliphatic hydroxyl groups excluding tert-OH is 1. The monoisotopic (exact) mass is 331 g/mol.